The zero-order chi connectivity index (χ0) is 37.2. The van der Waals surface area contributed by atoms with Crippen LogP contribution >= 0.6 is 0 Å². The minimum atomic E-state index is -4.81. The summed E-state index contributed by atoms with van der Waals surface area (Å²) in [6.45, 7) is 3.28. The first-order valence-electron chi connectivity index (χ1n) is 15.5. The second kappa shape index (κ2) is 14.2. The first-order valence-corrected chi connectivity index (χ1v) is 18.3. The van der Waals surface area contributed by atoms with Crippen LogP contribution in [0.15, 0.2) is 129 Å². The van der Waals surface area contributed by atoms with Crippen molar-refractivity contribution in [2.75, 3.05) is 0 Å². The standard InChI is InChI=1S/C38H28F2N2O8S2/c1-25-21-31(19-13-27-9-15-29(39)16-10-27)41(37(43)23-25)49-51(45,46)35-7-3-6-34-33(35)5-4-8-36(34)52(47,48)50-42-32(22-26(2)24-38(42)44)20-14-28-11-17-30(40)18-12-28/h3-24H,1-2H3. The minimum absolute atomic E-state index is 0.0580. The molecule has 14 heteroatoms. The van der Waals surface area contributed by atoms with Crippen molar-refractivity contribution in [3.8, 4) is 0 Å². The van der Waals surface area contributed by atoms with Crippen LogP contribution in [0.3, 0.4) is 0 Å². The third-order valence-electron chi connectivity index (χ3n) is 7.68. The SMILES string of the molecule is Cc1cc(C=Cc2ccc(F)cc2)n(OS(=O)(=O)c2cccc3c(S(=O)(=O)On4c(C=Cc5ccc(F)cc5)cc(C)cc4=O)cccc23)c(=O)c1. The summed E-state index contributed by atoms with van der Waals surface area (Å²) < 4.78 is 93.8. The average Bonchev–Trinajstić information content (AvgIpc) is 3.09. The second-order valence-electron chi connectivity index (χ2n) is 11.6. The summed E-state index contributed by atoms with van der Waals surface area (Å²) >= 11 is 0. The molecule has 6 rings (SSSR count). The highest BCUT2D eigenvalue weighted by Crippen LogP contribution is 2.29. The zero-order valence-electron chi connectivity index (χ0n) is 27.4. The van der Waals surface area contributed by atoms with E-state index in [-0.39, 0.29) is 22.2 Å². The fourth-order valence-electron chi connectivity index (χ4n) is 5.30. The summed E-state index contributed by atoms with van der Waals surface area (Å²) in [7, 11) is -9.61. The third kappa shape index (κ3) is 7.77. The fraction of sp³-hybridized carbons (Fsp3) is 0.0526. The van der Waals surface area contributed by atoms with Gasteiger partial charge >= 0.3 is 20.2 Å². The van der Waals surface area contributed by atoms with Crippen molar-refractivity contribution in [1.29, 1.82) is 0 Å². The number of fused-ring (bicyclic) bond motifs is 1. The number of aromatic nitrogens is 2. The van der Waals surface area contributed by atoms with Crippen molar-refractivity contribution >= 4 is 55.3 Å². The Morgan fingerprint density at radius 2 is 0.885 bits per heavy atom. The van der Waals surface area contributed by atoms with Crippen LogP contribution in [0.1, 0.15) is 33.6 Å². The molecule has 264 valence electrons. The number of halogens is 2. The molecule has 0 saturated heterocycles. The van der Waals surface area contributed by atoms with E-state index >= 15 is 0 Å². The molecule has 0 fully saturated rings. The third-order valence-corrected chi connectivity index (χ3v) is 10.2. The minimum Gasteiger partial charge on any atom is -0.280 e. The van der Waals surface area contributed by atoms with E-state index in [0.29, 0.717) is 31.7 Å². The van der Waals surface area contributed by atoms with Crippen LogP contribution in [0.4, 0.5) is 8.78 Å². The van der Waals surface area contributed by atoms with Gasteiger partial charge in [0, 0.05) is 22.9 Å². The first kappa shape index (κ1) is 35.7. The molecule has 0 radical (unpaired) electrons. The molecule has 0 unspecified atom stereocenters. The van der Waals surface area contributed by atoms with Crippen molar-refractivity contribution in [2.24, 2.45) is 0 Å². The lowest BCUT2D eigenvalue weighted by Crippen LogP contribution is -2.33. The van der Waals surface area contributed by atoms with Gasteiger partial charge in [0.05, 0.1) is 11.4 Å². The van der Waals surface area contributed by atoms with Crippen molar-refractivity contribution < 1.29 is 34.2 Å². The molecule has 0 aliphatic rings. The van der Waals surface area contributed by atoms with E-state index in [1.54, 1.807) is 26.0 Å². The fourth-order valence-corrected chi connectivity index (χ4v) is 7.55. The van der Waals surface area contributed by atoms with E-state index in [0.717, 1.165) is 0 Å². The Morgan fingerprint density at radius 3 is 1.25 bits per heavy atom. The lowest BCUT2D eigenvalue weighted by molar-refractivity contribution is 0.264. The quantitative estimate of drug-likeness (QED) is 0.166. The molecule has 52 heavy (non-hydrogen) atoms. The van der Waals surface area contributed by atoms with Crippen LogP contribution in [-0.2, 0) is 20.2 Å². The molecule has 0 spiro atoms. The highest BCUT2D eigenvalue weighted by atomic mass is 32.2. The van der Waals surface area contributed by atoms with Gasteiger partial charge in [-0.15, -0.1) is 9.46 Å². The van der Waals surface area contributed by atoms with Crippen molar-refractivity contribution in [3.63, 3.8) is 0 Å². The van der Waals surface area contributed by atoms with Gasteiger partial charge in [0.15, 0.2) is 0 Å². The van der Waals surface area contributed by atoms with Gasteiger partial charge in [0.25, 0.3) is 11.1 Å². The van der Waals surface area contributed by atoms with Gasteiger partial charge in [-0.05, 0) is 96.8 Å². The maximum absolute atomic E-state index is 13.8. The summed E-state index contributed by atoms with van der Waals surface area (Å²) in [5.74, 6) is -0.887. The Kier molecular flexibility index (Phi) is 9.78. The van der Waals surface area contributed by atoms with Gasteiger partial charge < -0.3 is 0 Å². The molecule has 0 saturated carbocycles. The summed E-state index contributed by atoms with van der Waals surface area (Å²) in [6.07, 6.45) is 5.94. The van der Waals surface area contributed by atoms with E-state index in [1.165, 1.54) is 121 Å². The zero-order valence-corrected chi connectivity index (χ0v) is 29.1. The van der Waals surface area contributed by atoms with Gasteiger partial charge in [0.1, 0.15) is 21.4 Å². The average molecular weight is 743 g/mol. The van der Waals surface area contributed by atoms with Crippen molar-refractivity contribution in [2.45, 2.75) is 23.6 Å². The van der Waals surface area contributed by atoms with E-state index in [1.807, 2.05) is 0 Å². The summed E-state index contributed by atoms with van der Waals surface area (Å²) in [5.41, 5.74) is 0.687. The molecular weight excluding hydrogens is 715 g/mol. The maximum Gasteiger partial charge on any atom is 0.357 e. The predicted octanol–water partition coefficient (Wildman–Crippen LogP) is 6.03. The smallest absolute Gasteiger partial charge is 0.280 e. The predicted molar refractivity (Wildman–Crippen MR) is 193 cm³/mol. The highest BCUT2D eigenvalue weighted by Gasteiger charge is 2.27. The lowest BCUT2D eigenvalue weighted by Gasteiger charge is -2.15. The Bertz CT molecular complexity index is 2550. The molecule has 2 heterocycles. The van der Waals surface area contributed by atoms with Gasteiger partial charge in [-0.1, -0.05) is 60.7 Å². The molecule has 0 N–H and O–H groups in total. The molecule has 0 bridgehead atoms. The molecule has 4 aromatic carbocycles. The number of aryl methyl sites for hydroxylation is 2. The molecular formula is C38H28F2N2O8S2. The van der Waals surface area contributed by atoms with Crippen LogP contribution < -0.4 is 19.7 Å². The van der Waals surface area contributed by atoms with Crippen molar-refractivity contribution in [1.82, 2.24) is 9.46 Å². The molecule has 0 aliphatic heterocycles. The Balaban J connectivity index is 1.37. The topological polar surface area (TPSA) is 131 Å². The molecule has 2 aromatic heterocycles. The molecule has 0 amide bonds. The van der Waals surface area contributed by atoms with E-state index in [9.17, 15) is 35.2 Å². The van der Waals surface area contributed by atoms with Crippen LogP contribution in [0, 0.1) is 25.5 Å². The largest absolute Gasteiger partial charge is 0.357 e. The maximum atomic E-state index is 13.8. The van der Waals surface area contributed by atoms with Crippen LogP contribution in [0.25, 0.3) is 35.1 Å². The summed E-state index contributed by atoms with van der Waals surface area (Å²) in [4.78, 5) is 25.1. The monoisotopic (exact) mass is 742 g/mol. The van der Waals surface area contributed by atoms with E-state index in [2.05, 4.69) is 0 Å². The lowest BCUT2D eigenvalue weighted by atomic mass is 10.1. The summed E-state index contributed by atoms with van der Waals surface area (Å²) in [5, 5.41) is -0.160. The molecule has 0 aliphatic carbocycles. The number of rotatable bonds is 10. The second-order valence-corrected chi connectivity index (χ2v) is 14.6. The van der Waals surface area contributed by atoms with Crippen LogP contribution in [-0.4, -0.2) is 26.3 Å². The van der Waals surface area contributed by atoms with Crippen LogP contribution in [0.2, 0.25) is 0 Å². The first-order chi connectivity index (χ1) is 24.7. The van der Waals surface area contributed by atoms with E-state index < -0.39 is 52.8 Å². The van der Waals surface area contributed by atoms with E-state index in [4.69, 9.17) is 8.57 Å². The summed E-state index contributed by atoms with van der Waals surface area (Å²) in [6, 6.07) is 24.0. The number of hydrogen-bond donors (Lipinski definition) is 0. The van der Waals surface area contributed by atoms with Crippen molar-refractivity contribution in [3.05, 3.63) is 175 Å². The highest BCUT2D eigenvalue weighted by molar-refractivity contribution is 7.87. The number of benzene rings is 4. The van der Waals surface area contributed by atoms with Crippen LogP contribution in [0.5, 0.6) is 0 Å². The molecule has 6 aromatic rings. The van der Waals surface area contributed by atoms with Gasteiger partial charge in [-0.2, -0.15) is 16.8 Å². The molecule has 0 atom stereocenters. The molecule has 10 nitrogen and oxygen atoms in total. The van der Waals surface area contributed by atoms with Gasteiger partial charge in [-0.3, -0.25) is 18.2 Å². The Morgan fingerprint density at radius 1 is 0.519 bits per heavy atom. The Hall–Kier alpha value is -6.12. The normalized spacial score (nSPS) is 12.2. The van der Waals surface area contributed by atoms with Gasteiger partial charge in [0.2, 0.25) is 0 Å². The number of hydrogen-bond acceptors (Lipinski definition) is 8. The number of pyridine rings is 2. The Labute approximate surface area is 296 Å². The van der Waals surface area contributed by atoms with Gasteiger partial charge in [-0.25, -0.2) is 8.78 Å². The number of nitrogens with zero attached hydrogens (tertiary/aromatic N) is 2.